The largest absolute Gasteiger partial charge is 0.383 e. The molecule has 1 fully saturated rings. The minimum absolute atomic E-state index is 0.542. The maximum Gasteiger partial charge on any atom is 0.228 e. The standard InChI is InChI=1S/C15H18N4O/c1-11-13(12-5-3-2-4-6-12)17-15(18-14(11)16)19-7-9-20-10-8-19/h2-6H,7-10H2,1H3,(H2,16,17,18). The molecule has 3 rings (SSSR count). The molecule has 2 aromatic rings. The minimum atomic E-state index is 0.542. The lowest BCUT2D eigenvalue weighted by Gasteiger charge is -2.27. The topological polar surface area (TPSA) is 64.3 Å². The van der Waals surface area contributed by atoms with Gasteiger partial charge in [0.15, 0.2) is 0 Å². The predicted molar refractivity (Wildman–Crippen MR) is 79.6 cm³/mol. The van der Waals surface area contributed by atoms with Crippen molar-refractivity contribution < 1.29 is 4.74 Å². The van der Waals surface area contributed by atoms with E-state index in [0.717, 1.165) is 29.9 Å². The quantitative estimate of drug-likeness (QED) is 0.902. The third-order valence-electron chi connectivity index (χ3n) is 3.51. The Bertz CT molecular complexity index is 594. The molecule has 0 radical (unpaired) electrons. The molecule has 1 saturated heterocycles. The van der Waals surface area contributed by atoms with Gasteiger partial charge in [-0.25, -0.2) is 4.98 Å². The van der Waals surface area contributed by atoms with Gasteiger partial charge in [0, 0.05) is 24.2 Å². The number of ether oxygens (including phenoxy) is 1. The van der Waals surface area contributed by atoms with E-state index < -0.39 is 0 Å². The SMILES string of the molecule is Cc1c(N)nc(N2CCOCC2)nc1-c1ccccc1. The Labute approximate surface area is 118 Å². The second kappa shape index (κ2) is 5.46. The Morgan fingerprint density at radius 2 is 1.80 bits per heavy atom. The molecule has 1 aromatic heterocycles. The molecule has 1 aliphatic rings. The van der Waals surface area contributed by atoms with Gasteiger partial charge in [0.25, 0.3) is 0 Å². The van der Waals surface area contributed by atoms with E-state index in [0.29, 0.717) is 25.0 Å². The number of morpholine rings is 1. The van der Waals surface area contributed by atoms with Crippen LogP contribution in [-0.4, -0.2) is 36.3 Å². The second-order valence-electron chi connectivity index (χ2n) is 4.85. The van der Waals surface area contributed by atoms with Crippen LogP contribution in [0.5, 0.6) is 0 Å². The summed E-state index contributed by atoms with van der Waals surface area (Å²) in [6, 6.07) is 10.1. The molecule has 2 N–H and O–H groups in total. The van der Waals surface area contributed by atoms with Gasteiger partial charge in [0.05, 0.1) is 18.9 Å². The second-order valence-corrected chi connectivity index (χ2v) is 4.85. The smallest absolute Gasteiger partial charge is 0.228 e. The lowest BCUT2D eigenvalue weighted by atomic mass is 10.1. The molecule has 1 aromatic carbocycles. The average Bonchev–Trinajstić information content (AvgIpc) is 2.51. The fraction of sp³-hybridized carbons (Fsp3) is 0.333. The fourth-order valence-electron chi connectivity index (χ4n) is 2.30. The highest BCUT2D eigenvalue weighted by atomic mass is 16.5. The number of aromatic nitrogens is 2. The van der Waals surface area contributed by atoms with Gasteiger partial charge in [0.2, 0.25) is 5.95 Å². The van der Waals surface area contributed by atoms with Crippen molar-refractivity contribution in [3.63, 3.8) is 0 Å². The first-order chi connectivity index (χ1) is 9.75. The zero-order valence-electron chi connectivity index (χ0n) is 11.5. The van der Waals surface area contributed by atoms with Crippen LogP contribution in [-0.2, 0) is 4.74 Å². The van der Waals surface area contributed by atoms with Crippen molar-refractivity contribution in [3.8, 4) is 11.3 Å². The third kappa shape index (κ3) is 2.44. The van der Waals surface area contributed by atoms with Crippen LogP contribution >= 0.6 is 0 Å². The molecule has 1 aliphatic heterocycles. The van der Waals surface area contributed by atoms with Gasteiger partial charge in [-0.15, -0.1) is 0 Å². The Balaban J connectivity index is 2.03. The van der Waals surface area contributed by atoms with Gasteiger partial charge in [0.1, 0.15) is 5.82 Å². The van der Waals surface area contributed by atoms with E-state index in [1.54, 1.807) is 0 Å². The third-order valence-corrected chi connectivity index (χ3v) is 3.51. The highest BCUT2D eigenvalue weighted by Crippen LogP contribution is 2.26. The summed E-state index contributed by atoms with van der Waals surface area (Å²) in [5, 5.41) is 0. The molecule has 5 nitrogen and oxygen atoms in total. The summed E-state index contributed by atoms with van der Waals surface area (Å²) in [4.78, 5) is 11.2. The lowest BCUT2D eigenvalue weighted by molar-refractivity contribution is 0.122. The van der Waals surface area contributed by atoms with Crippen molar-refractivity contribution in [3.05, 3.63) is 35.9 Å². The maximum absolute atomic E-state index is 6.06. The molecule has 5 heteroatoms. The summed E-state index contributed by atoms with van der Waals surface area (Å²) in [7, 11) is 0. The zero-order valence-corrected chi connectivity index (χ0v) is 11.5. The minimum Gasteiger partial charge on any atom is -0.383 e. The maximum atomic E-state index is 6.06. The van der Waals surface area contributed by atoms with E-state index in [1.807, 2.05) is 37.3 Å². The van der Waals surface area contributed by atoms with E-state index >= 15 is 0 Å². The van der Waals surface area contributed by atoms with Gasteiger partial charge in [-0.2, -0.15) is 4.98 Å². The number of benzene rings is 1. The molecular formula is C15H18N4O. The van der Waals surface area contributed by atoms with Crippen LogP contribution in [0.25, 0.3) is 11.3 Å². The lowest BCUT2D eigenvalue weighted by Crippen LogP contribution is -2.37. The summed E-state index contributed by atoms with van der Waals surface area (Å²) in [6.07, 6.45) is 0. The van der Waals surface area contributed by atoms with Gasteiger partial charge in [-0.1, -0.05) is 30.3 Å². The van der Waals surface area contributed by atoms with Crippen molar-refractivity contribution in [2.75, 3.05) is 36.9 Å². The van der Waals surface area contributed by atoms with Crippen molar-refractivity contribution >= 4 is 11.8 Å². The monoisotopic (exact) mass is 270 g/mol. The zero-order chi connectivity index (χ0) is 13.9. The van der Waals surface area contributed by atoms with Crippen LogP contribution in [0.1, 0.15) is 5.56 Å². The summed E-state index contributed by atoms with van der Waals surface area (Å²) in [5.74, 6) is 1.23. The number of nitrogen functional groups attached to an aromatic ring is 1. The molecule has 0 bridgehead atoms. The van der Waals surface area contributed by atoms with Crippen LogP contribution in [0, 0.1) is 6.92 Å². The number of hydrogen-bond donors (Lipinski definition) is 1. The van der Waals surface area contributed by atoms with E-state index in [9.17, 15) is 0 Å². The number of nitrogens with zero attached hydrogens (tertiary/aromatic N) is 3. The average molecular weight is 270 g/mol. The molecule has 0 aliphatic carbocycles. The first kappa shape index (κ1) is 12.9. The first-order valence-corrected chi connectivity index (χ1v) is 6.78. The van der Waals surface area contributed by atoms with Gasteiger partial charge in [-0.3, -0.25) is 0 Å². The number of hydrogen-bond acceptors (Lipinski definition) is 5. The Hall–Kier alpha value is -2.14. The molecule has 20 heavy (non-hydrogen) atoms. The summed E-state index contributed by atoms with van der Waals surface area (Å²) < 4.78 is 5.36. The molecule has 0 saturated carbocycles. The fourth-order valence-corrected chi connectivity index (χ4v) is 2.30. The highest BCUT2D eigenvalue weighted by Gasteiger charge is 2.17. The highest BCUT2D eigenvalue weighted by molar-refractivity contribution is 5.69. The van der Waals surface area contributed by atoms with E-state index in [1.165, 1.54) is 0 Å². The van der Waals surface area contributed by atoms with Crippen molar-refractivity contribution in [2.24, 2.45) is 0 Å². The van der Waals surface area contributed by atoms with Crippen molar-refractivity contribution in [1.82, 2.24) is 9.97 Å². The first-order valence-electron chi connectivity index (χ1n) is 6.78. The van der Waals surface area contributed by atoms with Crippen molar-refractivity contribution in [2.45, 2.75) is 6.92 Å². The van der Waals surface area contributed by atoms with E-state index in [4.69, 9.17) is 15.5 Å². The van der Waals surface area contributed by atoms with Crippen LogP contribution < -0.4 is 10.6 Å². The van der Waals surface area contributed by atoms with Crippen LogP contribution in [0.3, 0.4) is 0 Å². The summed E-state index contributed by atoms with van der Waals surface area (Å²) in [6.45, 7) is 4.98. The van der Waals surface area contributed by atoms with Gasteiger partial charge >= 0.3 is 0 Å². The summed E-state index contributed by atoms with van der Waals surface area (Å²) in [5.41, 5.74) is 8.95. The van der Waals surface area contributed by atoms with Gasteiger partial charge in [-0.05, 0) is 6.92 Å². The van der Waals surface area contributed by atoms with E-state index in [2.05, 4.69) is 9.88 Å². The molecule has 2 heterocycles. The molecule has 0 spiro atoms. The Morgan fingerprint density at radius 1 is 1.10 bits per heavy atom. The predicted octanol–water partition coefficient (Wildman–Crippen LogP) is 1.87. The molecular weight excluding hydrogens is 252 g/mol. The Morgan fingerprint density at radius 3 is 2.50 bits per heavy atom. The Kier molecular flexibility index (Phi) is 3.52. The van der Waals surface area contributed by atoms with Crippen LogP contribution in [0.4, 0.5) is 11.8 Å². The summed E-state index contributed by atoms with van der Waals surface area (Å²) >= 11 is 0. The van der Waals surface area contributed by atoms with Gasteiger partial charge < -0.3 is 15.4 Å². The normalized spacial score (nSPS) is 15.3. The number of rotatable bonds is 2. The molecule has 104 valence electrons. The molecule has 0 amide bonds. The number of anilines is 2. The number of nitrogens with two attached hydrogens (primary N) is 1. The van der Waals surface area contributed by atoms with Crippen molar-refractivity contribution in [1.29, 1.82) is 0 Å². The van der Waals surface area contributed by atoms with Crippen LogP contribution in [0.15, 0.2) is 30.3 Å². The van der Waals surface area contributed by atoms with Crippen LogP contribution in [0.2, 0.25) is 0 Å². The molecule has 0 unspecified atom stereocenters. The van der Waals surface area contributed by atoms with E-state index in [-0.39, 0.29) is 0 Å². The molecule has 0 atom stereocenters.